The molecule has 1 aromatic carbocycles. The number of piperazine rings is 1. The number of pyridine rings is 2. The van der Waals surface area contributed by atoms with Gasteiger partial charge in [-0.15, -0.1) is 0 Å². The molecule has 2 aliphatic rings. The summed E-state index contributed by atoms with van der Waals surface area (Å²) in [6.45, 7) is 5.35. The van der Waals surface area contributed by atoms with Crippen LogP contribution in [-0.4, -0.2) is 73.3 Å². The molecule has 5 rings (SSSR count). The molecule has 2 aromatic heterocycles. The van der Waals surface area contributed by atoms with E-state index in [0.29, 0.717) is 41.9 Å². The molecule has 4 heterocycles. The standard InChI is InChI=1S/C23H23Cl2N5O2/c24-16-13-19(25)22(26-15-16)29-7-5-28(6-8-29)21-14-18(17-3-1-2-4-20(17)27-21)23(31)30-9-11-32-12-10-30/h1-4,13-15H,5-12H2. The highest BCUT2D eigenvalue weighted by atomic mass is 35.5. The van der Waals surface area contributed by atoms with Gasteiger partial charge in [-0.05, 0) is 18.2 Å². The van der Waals surface area contributed by atoms with Gasteiger partial charge in [-0.2, -0.15) is 0 Å². The molecule has 3 aromatic rings. The molecular weight excluding hydrogens is 449 g/mol. The van der Waals surface area contributed by atoms with E-state index >= 15 is 0 Å². The molecule has 0 spiro atoms. The lowest BCUT2D eigenvalue weighted by molar-refractivity contribution is 0.0304. The summed E-state index contributed by atoms with van der Waals surface area (Å²) in [6, 6.07) is 11.5. The van der Waals surface area contributed by atoms with E-state index in [0.717, 1.165) is 48.7 Å². The van der Waals surface area contributed by atoms with Gasteiger partial charge in [-0.1, -0.05) is 41.4 Å². The number of benzene rings is 1. The Hall–Kier alpha value is -2.61. The molecule has 2 fully saturated rings. The summed E-state index contributed by atoms with van der Waals surface area (Å²) in [5, 5.41) is 1.95. The zero-order valence-corrected chi connectivity index (χ0v) is 19.0. The van der Waals surface area contributed by atoms with Crippen LogP contribution in [0, 0.1) is 0 Å². The molecule has 0 unspecified atom stereocenters. The van der Waals surface area contributed by atoms with E-state index in [1.165, 1.54) is 0 Å². The Balaban J connectivity index is 1.40. The normalized spacial score (nSPS) is 17.1. The van der Waals surface area contributed by atoms with E-state index in [1.54, 1.807) is 12.3 Å². The van der Waals surface area contributed by atoms with Gasteiger partial charge in [-0.25, -0.2) is 9.97 Å². The molecule has 9 heteroatoms. The summed E-state index contributed by atoms with van der Waals surface area (Å²) in [5.41, 5.74) is 1.52. The fourth-order valence-electron chi connectivity index (χ4n) is 4.22. The number of para-hydroxylation sites is 1. The van der Waals surface area contributed by atoms with Gasteiger partial charge in [0.25, 0.3) is 5.91 Å². The Morgan fingerprint density at radius 3 is 2.41 bits per heavy atom. The van der Waals surface area contributed by atoms with Crippen molar-refractivity contribution in [3.63, 3.8) is 0 Å². The van der Waals surface area contributed by atoms with Crippen molar-refractivity contribution in [1.82, 2.24) is 14.9 Å². The minimum Gasteiger partial charge on any atom is -0.378 e. The Bertz CT molecular complexity index is 1140. The van der Waals surface area contributed by atoms with Gasteiger partial charge >= 0.3 is 0 Å². The zero-order chi connectivity index (χ0) is 22.1. The number of hydrogen-bond donors (Lipinski definition) is 0. The van der Waals surface area contributed by atoms with Crippen LogP contribution in [0.2, 0.25) is 10.0 Å². The van der Waals surface area contributed by atoms with Crippen molar-refractivity contribution in [3.05, 3.63) is 58.2 Å². The highest BCUT2D eigenvalue weighted by molar-refractivity contribution is 6.36. The van der Waals surface area contributed by atoms with Crippen LogP contribution >= 0.6 is 23.2 Å². The van der Waals surface area contributed by atoms with Crippen LogP contribution in [0.3, 0.4) is 0 Å². The number of hydrogen-bond acceptors (Lipinski definition) is 6. The van der Waals surface area contributed by atoms with Crippen LogP contribution in [0.4, 0.5) is 11.6 Å². The zero-order valence-electron chi connectivity index (χ0n) is 17.5. The molecule has 0 saturated carbocycles. The van der Waals surface area contributed by atoms with Gasteiger partial charge in [-0.3, -0.25) is 4.79 Å². The minimum absolute atomic E-state index is 0.0314. The molecule has 1 amide bonds. The predicted molar refractivity (Wildman–Crippen MR) is 127 cm³/mol. The average Bonchev–Trinajstić information content (AvgIpc) is 2.83. The van der Waals surface area contributed by atoms with Crippen LogP contribution in [0.15, 0.2) is 42.6 Å². The first-order valence-electron chi connectivity index (χ1n) is 10.7. The average molecular weight is 472 g/mol. The molecule has 0 radical (unpaired) electrons. The number of carbonyl (C=O) groups excluding carboxylic acids is 1. The third kappa shape index (κ3) is 4.20. The van der Waals surface area contributed by atoms with Gasteiger partial charge in [0.15, 0.2) is 0 Å². The second kappa shape index (κ2) is 9.10. The Kier molecular flexibility index (Phi) is 6.04. The molecule has 2 aliphatic heterocycles. The maximum atomic E-state index is 13.3. The Labute approximate surface area is 196 Å². The van der Waals surface area contributed by atoms with Crippen molar-refractivity contribution in [2.75, 3.05) is 62.3 Å². The van der Waals surface area contributed by atoms with Gasteiger partial charge in [0, 0.05) is 50.9 Å². The fourth-order valence-corrected chi connectivity index (χ4v) is 4.72. The smallest absolute Gasteiger partial charge is 0.254 e. The third-order valence-corrected chi connectivity index (χ3v) is 6.41. The molecule has 7 nitrogen and oxygen atoms in total. The maximum Gasteiger partial charge on any atom is 0.254 e. The van der Waals surface area contributed by atoms with Crippen molar-refractivity contribution in [3.8, 4) is 0 Å². The van der Waals surface area contributed by atoms with E-state index in [4.69, 9.17) is 32.9 Å². The number of fused-ring (bicyclic) bond motifs is 1. The number of anilines is 2. The molecule has 0 aliphatic carbocycles. The lowest BCUT2D eigenvalue weighted by Crippen LogP contribution is -2.47. The van der Waals surface area contributed by atoms with Crippen molar-refractivity contribution in [2.24, 2.45) is 0 Å². The van der Waals surface area contributed by atoms with Gasteiger partial charge < -0.3 is 19.4 Å². The summed E-state index contributed by atoms with van der Waals surface area (Å²) in [7, 11) is 0. The number of halogens is 2. The maximum absolute atomic E-state index is 13.3. The van der Waals surface area contributed by atoms with E-state index in [2.05, 4.69) is 14.8 Å². The van der Waals surface area contributed by atoms with Crippen LogP contribution in [-0.2, 0) is 4.74 Å². The highest BCUT2D eigenvalue weighted by Crippen LogP contribution is 2.29. The molecule has 0 N–H and O–H groups in total. The second-order valence-electron chi connectivity index (χ2n) is 7.88. The lowest BCUT2D eigenvalue weighted by Gasteiger charge is -2.36. The van der Waals surface area contributed by atoms with E-state index in [-0.39, 0.29) is 5.91 Å². The number of nitrogens with zero attached hydrogens (tertiary/aromatic N) is 5. The SMILES string of the molecule is O=C(c1cc(N2CCN(c3ncc(Cl)cc3Cl)CC2)nc2ccccc12)N1CCOCC1. The fraction of sp³-hybridized carbons (Fsp3) is 0.348. The summed E-state index contributed by atoms with van der Waals surface area (Å²) >= 11 is 12.3. The third-order valence-electron chi connectivity index (χ3n) is 5.92. The van der Waals surface area contributed by atoms with Gasteiger partial charge in [0.2, 0.25) is 0 Å². The molecule has 166 valence electrons. The largest absolute Gasteiger partial charge is 0.378 e. The monoisotopic (exact) mass is 471 g/mol. The molecule has 0 atom stereocenters. The molecular formula is C23H23Cl2N5O2. The number of aromatic nitrogens is 2. The minimum atomic E-state index is 0.0314. The summed E-state index contributed by atoms with van der Waals surface area (Å²) in [4.78, 5) is 28.8. The van der Waals surface area contributed by atoms with E-state index < -0.39 is 0 Å². The van der Waals surface area contributed by atoms with E-state index in [1.807, 2.05) is 35.2 Å². The Morgan fingerprint density at radius 2 is 1.66 bits per heavy atom. The first-order chi connectivity index (χ1) is 15.6. The molecule has 32 heavy (non-hydrogen) atoms. The summed E-state index contributed by atoms with van der Waals surface area (Å²) < 4.78 is 5.41. The van der Waals surface area contributed by atoms with Crippen LogP contribution < -0.4 is 9.80 Å². The quantitative estimate of drug-likeness (QED) is 0.579. The number of morpholine rings is 1. The lowest BCUT2D eigenvalue weighted by atomic mass is 10.1. The first-order valence-corrected chi connectivity index (χ1v) is 11.4. The first kappa shape index (κ1) is 21.2. The van der Waals surface area contributed by atoms with E-state index in [9.17, 15) is 4.79 Å². The van der Waals surface area contributed by atoms with Crippen LogP contribution in [0.25, 0.3) is 10.9 Å². The molecule has 0 bridgehead atoms. The second-order valence-corrected chi connectivity index (χ2v) is 8.73. The number of amides is 1. The number of ether oxygens (including phenoxy) is 1. The van der Waals surface area contributed by atoms with Crippen LogP contribution in [0.5, 0.6) is 0 Å². The van der Waals surface area contributed by atoms with Crippen molar-refractivity contribution in [2.45, 2.75) is 0 Å². The number of carbonyl (C=O) groups is 1. The van der Waals surface area contributed by atoms with Crippen molar-refractivity contribution < 1.29 is 9.53 Å². The van der Waals surface area contributed by atoms with Gasteiger partial charge in [0.05, 0.1) is 34.3 Å². The van der Waals surface area contributed by atoms with Gasteiger partial charge in [0.1, 0.15) is 11.6 Å². The number of rotatable bonds is 3. The van der Waals surface area contributed by atoms with Crippen molar-refractivity contribution >= 4 is 51.6 Å². The Morgan fingerprint density at radius 1 is 0.938 bits per heavy atom. The predicted octanol–water partition coefficient (Wildman–Crippen LogP) is 3.74. The summed E-state index contributed by atoms with van der Waals surface area (Å²) in [6.07, 6.45) is 1.61. The summed E-state index contributed by atoms with van der Waals surface area (Å²) in [5.74, 6) is 1.59. The van der Waals surface area contributed by atoms with Crippen LogP contribution in [0.1, 0.15) is 10.4 Å². The molecule has 2 saturated heterocycles. The topological polar surface area (TPSA) is 61.8 Å². The highest BCUT2D eigenvalue weighted by Gasteiger charge is 2.25. The van der Waals surface area contributed by atoms with Crippen molar-refractivity contribution in [1.29, 1.82) is 0 Å².